The maximum absolute atomic E-state index is 11.7. The summed E-state index contributed by atoms with van der Waals surface area (Å²) in [5.74, 6) is -4.52. The average molecular weight is 413 g/mol. The lowest BCUT2D eigenvalue weighted by Gasteiger charge is -2.30. The van der Waals surface area contributed by atoms with Gasteiger partial charge >= 0.3 is 23.9 Å². The van der Waals surface area contributed by atoms with Crippen molar-refractivity contribution < 1.29 is 48.7 Å². The minimum absolute atomic E-state index is 0.128. The van der Waals surface area contributed by atoms with Crippen molar-refractivity contribution in [3.8, 4) is 0 Å². The fraction of sp³-hybridized carbons (Fsp3) is 0.556. The fourth-order valence-electron chi connectivity index (χ4n) is 3.00. The van der Waals surface area contributed by atoms with E-state index in [1.54, 1.807) is 19.2 Å². The number of carbonyl (C=O) groups excluding carboxylic acids is 2. The molecule has 11 heteroatoms. The van der Waals surface area contributed by atoms with Gasteiger partial charge in [-0.2, -0.15) is 0 Å². The van der Waals surface area contributed by atoms with Crippen LogP contribution >= 0.6 is 0 Å². The Hall–Kier alpha value is -2.92. The normalized spacial score (nSPS) is 27.1. The number of allylic oxidation sites excluding steroid dienone is 1. The third kappa shape index (κ3) is 5.78. The van der Waals surface area contributed by atoms with Gasteiger partial charge in [-0.05, 0) is 0 Å². The molecule has 0 bridgehead atoms. The van der Waals surface area contributed by atoms with E-state index >= 15 is 0 Å². The minimum Gasteiger partial charge on any atom is -0.479 e. The Labute approximate surface area is 166 Å². The fourth-order valence-corrected chi connectivity index (χ4v) is 3.00. The van der Waals surface area contributed by atoms with E-state index < -0.39 is 60.8 Å². The zero-order valence-electron chi connectivity index (χ0n) is 15.9. The number of aliphatic carboxylic acids is 2. The van der Waals surface area contributed by atoms with Gasteiger partial charge in [0, 0.05) is 31.7 Å². The van der Waals surface area contributed by atoms with E-state index in [0.29, 0.717) is 0 Å². The maximum Gasteiger partial charge on any atom is 0.333 e. The molecule has 2 aliphatic rings. The predicted octanol–water partition coefficient (Wildman–Crippen LogP) is -0.154. The second-order valence-electron chi connectivity index (χ2n) is 6.74. The molecule has 2 heterocycles. The number of ether oxygens (including phenoxy) is 3. The third-order valence-electron chi connectivity index (χ3n) is 4.54. The SMILES string of the molecule is CC(=O)OC1[C@H](N2C=CCC(C(=O)O)=C2)O[C@H](COC(=O)C[C@H](O)C(=O)O)[C@H]1C. The van der Waals surface area contributed by atoms with E-state index in [4.69, 9.17) is 19.3 Å². The number of hydrogen-bond donors (Lipinski definition) is 3. The van der Waals surface area contributed by atoms with E-state index in [2.05, 4.69) is 0 Å². The highest BCUT2D eigenvalue weighted by molar-refractivity contribution is 5.87. The molecule has 2 aliphatic heterocycles. The number of carboxylic acids is 2. The van der Waals surface area contributed by atoms with Gasteiger partial charge < -0.3 is 34.4 Å². The van der Waals surface area contributed by atoms with Crippen LogP contribution < -0.4 is 0 Å². The molecule has 1 unspecified atom stereocenters. The standard InChI is InChI=1S/C18H23NO10/c1-9-13(8-27-14(22)6-12(21)18(25)26)29-16(15(9)28-10(2)20)19-5-3-4-11(7-19)17(23)24/h3,5,7,9,12-13,15-16,21H,4,6,8H2,1-2H3,(H,23,24)(H,25,26)/t9-,12+,13-,15?,16-/m1/s1. The lowest BCUT2D eigenvalue weighted by Crippen LogP contribution is -2.40. The van der Waals surface area contributed by atoms with Crippen LogP contribution in [-0.2, 0) is 33.4 Å². The van der Waals surface area contributed by atoms with Gasteiger partial charge in [-0.15, -0.1) is 0 Å². The van der Waals surface area contributed by atoms with Crippen LogP contribution in [0.25, 0.3) is 0 Å². The van der Waals surface area contributed by atoms with Crippen LogP contribution in [0.4, 0.5) is 0 Å². The molecule has 160 valence electrons. The second kappa shape index (κ2) is 9.52. The Kier molecular flexibility index (Phi) is 7.35. The molecule has 0 aliphatic carbocycles. The van der Waals surface area contributed by atoms with Gasteiger partial charge in [0.05, 0.1) is 12.0 Å². The molecule has 0 radical (unpaired) electrons. The number of hydrogen-bond acceptors (Lipinski definition) is 9. The summed E-state index contributed by atoms with van der Waals surface area (Å²) in [6.07, 6.45) is -0.0416. The first-order chi connectivity index (χ1) is 13.6. The molecule has 0 aromatic heterocycles. The summed E-state index contributed by atoms with van der Waals surface area (Å²) in [5.41, 5.74) is 0.128. The molecule has 1 fully saturated rings. The highest BCUT2D eigenvalue weighted by Crippen LogP contribution is 2.33. The molecule has 2 rings (SSSR count). The molecule has 0 spiro atoms. The first-order valence-corrected chi connectivity index (χ1v) is 8.87. The summed E-state index contributed by atoms with van der Waals surface area (Å²) in [5, 5.41) is 27.0. The summed E-state index contributed by atoms with van der Waals surface area (Å²) in [7, 11) is 0. The smallest absolute Gasteiger partial charge is 0.333 e. The second-order valence-corrected chi connectivity index (χ2v) is 6.74. The van der Waals surface area contributed by atoms with Crippen molar-refractivity contribution in [1.82, 2.24) is 4.90 Å². The molecule has 0 aromatic carbocycles. The minimum atomic E-state index is -1.87. The molecule has 0 saturated carbocycles. The van der Waals surface area contributed by atoms with Gasteiger partial charge in [-0.1, -0.05) is 13.0 Å². The van der Waals surface area contributed by atoms with Gasteiger partial charge in [0.1, 0.15) is 12.7 Å². The van der Waals surface area contributed by atoms with Crippen LogP contribution in [0, 0.1) is 5.92 Å². The van der Waals surface area contributed by atoms with Gasteiger partial charge in [0.25, 0.3) is 0 Å². The molecule has 0 aromatic rings. The van der Waals surface area contributed by atoms with E-state index in [0.717, 1.165) is 0 Å². The molecule has 3 N–H and O–H groups in total. The van der Waals surface area contributed by atoms with Gasteiger partial charge in [-0.3, -0.25) is 9.59 Å². The largest absolute Gasteiger partial charge is 0.479 e. The molecular formula is C18H23NO10. The Morgan fingerprint density at radius 3 is 2.59 bits per heavy atom. The van der Waals surface area contributed by atoms with Crippen LogP contribution in [-0.4, -0.2) is 75.2 Å². The number of rotatable bonds is 8. The molecule has 5 atom stereocenters. The Morgan fingerprint density at radius 1 is 1.31 bits per heavy atom. The summed E-state index contributed by atoms with van der Waals surface area (Å²) < 4.78 is 16.2. The van der Waals surface area contributed by atoms with E-state index in [-0.39, 0.29) is 18.6 Å². The van der Waals surface area contributed by atoms with Crippen molar-refractivity contribution in [2.24, 2.45) is 5.92 Å². The van der Waals surface area contributed by atoms with Gasteiger partial charge in [0.2, 0.25) is 0 Å². The van der Waals surface area contributed by atoms with Crippen molar-refractivity contribution in [2.45, 2.75) is 51.2 Å². The number of esters is 2. The number of nitrogens with zero attached hydrogens (tertiary/aromatic N) is 1. The molecule has 1 saturated heterocycles. The van der Waals surface area contributed by atoms with Crippen molar-refractivity contribution in [1.29, 1.82) is 0 Å². The van der Waals surface area contributed by atoms with E-state index in [1.165, 1.54) is 18.0 Å². The van der Waals surface area contributed by atoms with Crippen molar-refractivity contribution >= 4 is 23.9 Å². The van der Waals surface area contributed by atoms with E-state index in [1.807, 2.05) is 0 Å². The Balaban J connectivity index is 2.08. The van der Waals surface area contributed by atoms with E-state index in [9.17, 15) is 29.4 Å². The van der Waals surface area contributed by atoms with Gasteiger partial charge in [0.15, 0.2) is 18.4 Å². The summed E-state index contributed by atoms with van der Waals surface area (Å²) in [6.45, 7) is 2.69. The highest BCUT2D eigenvalue weighted by atomic mass is 16.6. The zero-order chi connectivity index (χ0) is 21.7. The topological polar surface area (TPSA) is 160 Å². The maximum atomic E-state index is 11.7. The highest BCUT2D eigenvalue weighted by Gasteiger charge is 2.47. The lowest BCUT2D eigenvalue weighted by atomic mass is 10.00. The van der Waals surface area contributed by atoms with Crippen LogP contribution in [0.1, 0.15) is 26.7 Å². The lowest BCUT2D eigenvalue weighted by molar-refractivity contribution is -0.159. The monoisotopic (exact) mass is 413 g/mol. The number of aliphatic hydroxyl groups excluding tert-OH is 1. The summed E-state index contributed by atoms with van der Waals surface area (Å²) in [4.78, 5) is 46.5. The number of aliphatic hydroxyl groups is 1. The summed E-state index contributed by atoms with van der Waals surface area (Å²) >= 11 is 0. The average Bonchev–Trinajstić information content (AvgIpc) is 2.95. The number of carboxylic acid groups (broad SMARTS) is 2. The van der Waals surface area contributed by atoms with Crippen molar-refractivity contribution in [3.63, 3.8) is 0 Å². The van der Waals surface area contributed by atoms with Crippen molar-refractivity contribution in [3.05, 3.63) is 24.0 Å². The first-order valence-electron chi connectivity index (χ1n) is 8.87. The quantitative estimate of drug-likeness (QED) is 0.454. The molecular weight excluding hydrogens is 390 g/mol. The van der Waals surface area contributed by atoms with Crippen LogP contribution in [0.15, 0.2) is 24.0 Å². The van der Waals surface area contributed by atoms with Crippen molar-refractivity contribution in [2.75, 3.05) is 6.61 Å². The van der Waals surface area contributed by atoms with Crippen LogP contribution in [0.3, 0.4) is 0 Å². The molecule has 29 heavy (non-hydrogen) atoms. The zero-order valence-corrected chi connectivity index (χ0v) is 15.9. The molecule has 0 amide bonds. The predicted molar refractivity (Wildman–Crippen MR) is 93.9 cm³/mol. The molecule has 11 nitrogen and oxygen atoms in total. The van der Waals surface area contributed by atoms with Crippen LogP contribution in [0.2, 0.25) is 0 Å². The Morgan fingerprint density at radius 2 is 2.00 bits per heavy atom. The number of carbonyl (C=O) groups is 4. The Bertz CT molecular complexity index is 730. The third-order valence-corrected chi connectivity index (χ3v) is 4.54. The van der Waals surface area contributed by atoms with Crippen LogP contribution in [0.5, 0.6) is 0 Å². The first kappa shape index (κ1) is 22.4. The summed E-state index contributed by atoms with van der Waals surface area (Å²) in [6, 6.07) is 0. The van der Waals surface area contributed by atoms with Gasteiger partial charge in [-0.25, -0.2) is 9.59 Å².